The van der Waals surface area contributed by atoms with E-state index in [2.05, 4.69) is 0 Å². The number of ether oxygens (including phenoxy) is 1. The van der Waals surface area contributed by atoms with E-state index in [9.17, 15) is 13.2 Å². The third kappa shape index (κ3) is 5.03. The number of para-hydroxylation sites is 1. The fraction of sp³-hybridized carbons (Fsp3) is 0.292. The van der Waals surface area contributed by atoms with E-state index in [1.165, 1.54) is 23.5 Å². The van der Waals surface area contributed by atoms with Crippen molar-refractivity contribution >= 4 is 33.0 Å². The summed E-state index contributed by atoms with van der Waals surface area (Å²) in [6, 6.07) is 19.1. The van der Waals surface area contributed by atoms with Crippen LogP contribution in [0.1, 0.15) is 28.1 Å². The fourth-order valence-corrected chi connectivity index (χ4v) is 5.71. The number of hydrogen-bond acceptors (Lipinski definition) is 5. The highest BCUT2D eigenvalue weighted by molar-refractivity contribution is 7.92. The molecule has 0 radical (unpaired) electrons. The summed E-state index contributed by atoms with van der Waals surface area (Å²) < 4.78 is 33.4. The van der Waals surface area contributed by atoms with Crippen LogP contribution in [0.5, 0.6) is 0 Å². The zero-order chi connectivity index (χ0) is 22.6. The smallest absolute Gasteiger partial charge is 0.264 e. The van der Waals surface area contributed by atoms with Gasteiger partial charge < -0.3 is 9.64 Å². The van der Waals surface area contributed by atoms with Crippen LogP contribution in [0.15, 0.2) is 77.0 Å². The van der Waals surface area contributed by atoms with Crippen LogP contribution in [0, 0.1) is 0 Å². The predicted octanol–water partition coefficient (Wildman–Crippen LogP) is 4.39. The Morgan fingerprint density at radius 3 is 2.59 bits per heavy atom. The highest BCUT2D eigenvalue weighted by Crippen LogP contribution is 2.24. The minimum absolute atomic E-state index is 0.00930. The van der Waals surface area contributed by atoms with Crippen molar-refractivity contribution in [2.75, 3.05) is 24.5 Å². The molecule has 8 heteroatoms. The number of anilines is 1. The van der Waals surface area contributed by atoms with E-state index >= 15 is 0 Å². The number of thiophene rings is 1. The maximum atomic E-state index is 13.4. The summed E-state index contributed by atoms with van der Waals surface area (Å²) in [5, 5.41) is 1.98. The molecule has 3 aromatic rings. The molecule has 2 heterocycles. The van der Waals surface area contributed by atoms with Gasteiger partial charge in [-0.25, -0.2) is 8.42 Å². The molecule has 1 saturated heterocycles. The summed E-state index contributed by atoms with van der Waals surface area (Å²) in [7, 11) is -2.29. The summed E-state index contributed by atoms with van der Waals surface area (Å²) in [4.78, 5) is 16.4. The van der Waals surface area contributed by atoms with E-state index in [1.807, 2.05) is 23.6 Å². The van der Waals surface area contributed by atoms with E-state index in [4.69, 9.17) is 4.74 Å². The molecule has 168 valence electrons. The number of amides is 1. The van der Waals surface area contributed by atoms with Crippen LogP contribution >= 0.6 is 11.3 Å². The number of sulfonamides is 1. The average Bonchev–Trinajstić information content (AvgIpc) is 3.53. The molecule has 1 atom stereocenters. The van der Waals surface area contributed by atoms with Gasteiger partial charge in [-0.1, -0.05) is 30.3 Å². The molecule has 0 aliphatic carbocycles. The van der Waals surface area contributed by atoms with Crippen molar-refractivity contribution in [3.8, 4) is 0 Å². The van der Waals surface area contributed by atoms with Gasteiger partial charge in [-0.05, 0) is 54.6 Å². The van der Waals surface area contributed by atoms with Crippen molar-refractivity contribution in [1.82, 2.24) is 4.90 Å². The normalized spacial score (nSPS) is 16.1. The predicted molar refractivity (Wildman–Crippen MR) is 127 cm³/mol. The third-order valence-corrected chi connectivity index (χ3v) is 8.16. The molecule has 1 unspecified atom stereocenters. The minimum atomic E-state index is -3.81. The number of rotatable bonds is 8. The van der Waals surface area contributed by atoms with Crippen LogP contribution in [0.25, 0.3) is 0 Å². The summed E-state index contributed by atoms with van der Waals surface area (Å²) >= 11 is 1.59. The Bertz CT molecular complexity index is 1140. The van der Waals surface area contributed by atoms with Crippen molar-refractivity contribution in [3.05, 3.63) is 82.6 Å². The first-order valence-electron chi connectivity index (χ1n) is 10.5. The molecule has 0 saturated carbocycles. The lowest BCUT2D eigenvalue weighted by atomic mass is 10.1. The fourth-order valence-electron chi connectivity index (χ4n) is 3.75. The summed E-state index contributed by atoms with van der Waals surface area (Å²) in [5.74, 6) is -0.201. The van der Waals surface area contributed by atoms with Crippen molar-refractivity contribution in [2.45, 2.75) is 30.4 Å². The molecule has 1 aliphatic rings. The number of carbonyl (C=O) groups excluding carboxylic acids is 1. The zero-order valence-corrected chi connectivity index (χ0v) is 19.5. The van der Waals surface area contributed by atoms with Gasteiger partial charge in [0.05, 0.1) is 23.2 Å². The third-order valence-electron chi connectivity index (χ3n) is 5.52. The van der Waals surface area contributed by atoms with E-state index in [-0.39, 0.29) is 16.9 Å². The average molecular weight is 471 g/mol. The molecule has 0 spiro atoms. The maximum absolute atomic E-state index is 13.4. The first-order chi connectivity index (χ1) is 15.4. The Hall–Kier alpha value is -2.68. The molecule has 1 fully saturated rings. The van der Waals surface area contributed by atoms with Crippen molar-refractivity contribution in [3.63, 3.8) is 0 Å². The lowest BCUT2D eigenvalue weighted by Crippen LogP contribution is -2.37. The van der Waals surface area contributed by atoms with Gasteiger partial charge in [-0.3, -0.25) is 9.10 Å². The quantitative estimate of drug-likeness (QED) is 0.490. The van der Waals surface area contributed by atoms with Crippen LogP contribution in [0.3, 0.4) is 0 Å². The first-order valence-corrected chi connectivity index (χ1v) is 12.8. The van der Waals surface area contributed by atoms with Gasteiger partial charge in [0, 0.05) is 30.6 Å². The second-order valence-corrected chi connectivity index (χ2v) is 10.7. The van der Waals surface area contributed by atoms with E-state index in [0.717, 1.165) is 17.7 Å². The summed E-state index contributed by atoms with van der Waals surface area (Å²) in [6.45, 7) is 1.67. The van der Waals surface area contributed by atoms with Crippen LogP contribution in [-0.4, -0.2) is 45.5 Å². The lowest BCUT2D eigenvalue weighted by Gasteiger charge is -2.25. The molecule has 1 amide bonds. The molecule has 1 aliphatic heterocycles. The zero-order valence-electron chi connectivity index (χ0n) is 17.9. The van der Waals surface area contributed by atoms with E-state index < -0.39 is 10.0 Å². The topological polar surface area (TPSA) is 66.9 Å². The molecule has 0 N–H and O–H groups in total. The molecule has 1 aromatic heterocycles. The second-order valence-electron chi connectivity index (χ2n) is 7.74. The lowest BCUT2D eigenvalue weighted by molar-refractivity contribution is 0.0509. The molecule has 6 nitrogen and oxygen atoms in total. The van der Waals surface area contributed by atoms with Crippen molar-refractivity contribution < 1.29 is 17.9 Å². The molecule has 0 bridgehead atoms. The van der Waals surface area contributed by atoms with Gasteiger partial charge in [-0.2, -0.15) is 0 Å². The number of carbonyl (C=O) groups is 1. The number of hydrogen-bond donors (Lipinski definition) is 0. The number of nitrogens with zero attached hydrogens (tertiary/aromatic N) is 2. The summed E-state index contributed by atoms with van der Waals surface area (Å²) in [5.41, 5.74) is 0.907. The Kier molecular flexibility index (Phi) is 6.93. The Balaban J connectivity index is 1.60. The summed E-state index contributed by atoms with van der Waals surface area (Å²) in [6.07, 6.45) is 1.92. The second kappa shape index (κ2) is 9.85. The van der Waals surface area contributed by atoms with Gasteiger partial charge in [0.2, 0.25) is 0 Å². The highest BCUT2D eigenvalue weighted by Gasteiger charge is 2.26. The molecule has 4 rings (SSSR count). The van der Waals surface area contributed by atoms with E-state index in [0.29, 0.717) is 30.9 Å². The monoisotopic (exact) mass is 470 g/mol. The van der Waals surface area contributed by atoms with Gasteiger partial charge in [-0.15, -0.1) is 11.3 Å². The molecule has 32 heavy (non-hydrogen) atoms. The van der Waals surface area contributed by atoms with Gasteiger partial charge >= 0.3 is 0 Å². The van der Waals surface area contributed by atoms with Crippen LogP contribution < -0.4 is 4.31 Å². The minimum Gasteiger partial charge on any atom is -0.376 e. The van der Waals surface area contributed by atoms with Gasteiger partial charge in [0.1, 0.15) is 0 Å². The maximum Gasteiger partial charge on any atom is 0.264 e. The van der Waals surface area contributed by atoms with Crippen LogP contribution in [0.2, 0.25) is 0 Å². The molecular formula is C24H26N2O4S2. The van der Waals surface area contributed by atoms with Crippen LogP contribution in [0.4, 0.5) is 5.69 Å². The van der Waals surface area contributed by atoms with Gasteiger partial charge in [0.25, 0.3) is 15.9 Å². The molecular weight excluding hydrogens is 444 g/mol. The van der Waals surface area contributed by atoms with E-state index in [1.54, 1.807) is 52.6 Å². The molecule has 2 aromatic carbocycles. The van der Waals surface area contributed by atoms with Crippen molar-refractivity contribution in [1.29, 1.82) is 0 Å². The van der Waals surface area contributed by atoms with Crippen molar-refractivity contribution in [2.24, 2.45) is 0 Å². The number of benzene rings is 2. The Labute approximate surface area is 193 Å². The SMILES string of the molecule is CN(c1ccccc1)S(=O)(=O)c1cccc(C(=O)N(Cc2cccs2)CC2CCCO2)c1. The first kappa shape index (κ1) is 22.5. The Morgan fingerprint density at radius 2 is 1.91 bits per heavy atom. The Morgan fingerprint density at radius 1 is 1.09 bits per heavy atom. The van der Waals surface area contributed by atoms with Crippen LogP contribution in [-0.2, 0) is 21.3 Å². The highest BCUT2D eigenvalue weighted by atomic mass is 32.2. The standard InChI is InChI=1S/C24H26N2O4S2/c1-25(20-9-3-2-4-10-20)32(28,29)23-13-5-8-19(16-23)24(27)26(17-21-11-6-14-30-21)18-22-12-7-15-31-22/h2-5,7-10,12-13,15-16,21H,6,11,14,17-18H2,1H3. The largest absolute Gasteiger partial charge is 0.376 e. The van der Waals surface area contributed by atoms with Gasteiger partial charge in [0.15, 0.2) is 0 Å².